The summed E-state index contributed by atoms with van der Waals surface area (Å²) in [7, 11) is 1.07. The molecule has 3 unspecified atom stereocenters. The van der Waals surface area contributed by atoms with Crippen molar-refractivity contribution in [3.8, 4) is 0 Å². The van der Waals surface area contributed by atoms with Crippen LogP contribution in [0, 0.1) is 0 Å². The first kappa shape index (κ1) is 95.3. The van der Waals surface area contributed by atoms with E-state index >= 15 is 0 Å². The van der Waals surface area contributed by atoms with Crippen molar-refractivity contribution in [1.82, 2.24) is 83.3 Å². The number of piperidine rings is 2. The molecule has 13 aromatic rings. The zero-order valence-corrected chi connectivity index (χ0v) is 80.8. The number of aromatic nitrogens is 12. The number of pyridine rings is 3. The van der Waals surface area contributed by atoms with E-state index in [0.29, 0.717) is 145 Å². The average Bonchev–Trinajstić information content (AvgIpc) is 1.31. The van der Waals surface area contributed by atoms with E-state index < -0.39 is 30.5 Å². The fourth-order valence-corrected chi connectivity index (χ4v) is 25.1. The molecule has 8 N–H and O–H groups in total. The van der Waals surface area contributed by atoms with Crippen LogP contribution in [-0.2, 0) is 50.1 Å². The van der Waals surface area contributed by atoms with Gasteiger partial charge in [-0.15, -0.1) is 22.7 Å². The molecule has 3 saturated heterocycles. The van der Waals surface area contributed by atoms with Gasteiger partial charge >= 0.3 is 0 Å². The summed E-state index contributed by atoms with van der Waals surface area (Å²) in [6.45, 7) is 20.6. The maximum atomic E-state index is 14.1. The van der Waals surface area contributed by atoms with Gasteiger partial charge in [0.05, 0.1) is 67.7 Å². The maximum absolute atomic E-state index is 14.1. The number of benzene rings is 4. The molecule has 0 radical (unpaired) electrons. The second-order valence-electron chi connectivity index (χ2n) is 34.1. The van der Waals surface area contributed by atoms with Crippen molar-refractivity contribution in [3.05, 3.63) is 222 Å². The lowest BCUT2D eigenvalue weighted by atomic mass is 9.94. The summed E-state index contributed by atoms with van der Waals surface area (Å²) in [5, 5.41) is 29.0. The monoisotopic (exact) mass is 1900 g/mol. The summed E-state index contributed by atoms with van der Waals surface area (Å²) >= 11 is 3.55. The van der Waals surface area contributed by atoms with Crippen LogP contribution in [0.2, 0.25) is 0 Å². The molecule has 32 nitrogen and oxygen atoms in total. The first-order chi connectivity index (χ1) is 63.8. The van der Waals surface area contributed by atoms with Crippen LogP contribution < -0.4 is 64.1 Å². The van der Waals surface area contributed by atoms with Gasteiger partial charge in [0.15, 0.2) is 14.9 Å². The quantitative estimate of drug-likeness (QED) is 0.0186. The van der Waals surface area contributed by atoms with Crippen molar-refractivity contribution in [2.45, 2.75) is 166 Å². The Morgan fingerprint density at radius 1 is 0.576 bits per heavy atom. The first-order valence-electron chi connectivity index (χ1n) is 45.0. The van der Waals surface area contributed by atoms with E-state index in [0.717, 1.165) is 142 Å². The Kier molecular flexibility index (Phi) is 31.5. The van der Waals surface area contributed by atoms with Crippen molar-refractivity contribution >= 4 is 161 Å². The van der Waals surface area contributed by atoms with Crippen molar-refractivity contribution < 1.29 is 21.0 Å². The third-order valence-electron chi connectivity index (χ3n) is 24.4. The normalized spacial score (nSPS) is 16.0. The molecule has 4 aromatic carbocycles. The molecule has 3 atom stereocenters. The number of nitrogens with zero attached hydrogens (tertiary/aromatic N) is 16. The highest BCUT2D eigenvalue weighted by Gasteiger charge is 2.35. The zero-order valence-electron chi connectivity index (χ0n) is 75.9. The molecular weight excluding hydrogens is 1790 g/mol. The van der Waals surface area contributed by atoms with Gasteiger partial charge in [-0.25, -0.2) is 41.8 Å². The first-order valence-corrected chi connectivity index (χ1v) is 51.9. The molecule has 696 valence electrons. The molecule has 0 amide bonds. The van der Waals surface area contributed by atoms with Gasteiger partial charge in [0.25, 0.3) is 16.7 Å². The number of fused-ring (bicyclic) bond motifs is 3. The standard InChI is InChI=1S/C32H36N8O3S2.C32H41N7O3S2.C30H39N9O2S2/c1-4-39(5-2)27-17-22-18-33-32(36-24-13-11-23(12-14-24)35-25-15-16-38(3)19-25)37-29(22)40(31(27)41)20-28-30(34-21-44-28)45(42,43)26-9-7-6-8-10-26;1-3-21(4-2)28-16-22-17-34-32(37-25-13-11-24(12-14-25)36-26-8-7-15-33-19-26)38-29(22)39(30(28)40)20-23-18-35-43-31(23)44(41,42)27-9-5-6-10-27;1-20(38(4)5)25-16-21-17-32-30(35-23-8-6-22(7-9-23)34-24-10-12-31-13-11-24)36-27(21)39(28(25)40)18-26-29(42-19-33-26)43(41)15-14-37(2)3/h6-14,17-18,21,25,35H,4-5,15-16,19-20H2,1-3H3,(H,33,36,37);11-14,16-18,21,26-27,33,36H,3-10,15,19-20H2,1-2H3,(H,34,37,38);6-9,16-17,19,24,31,34H,1,10-15,18H2,2-5H3,(H,32,35,36). The van der Waals surface area contributed by atoms with Crippen molar-refractivity contribution in [2.24, 2.45) is 0 Å². The smallest absolute Gasteiger partial charge is 0.276 e. The predicted octanol–water partition coefficient (Wildman–Crippen LogP) is 14.1. The van der Waals surface area contributed by atoms with Gasteiger partial charge in [-0.2, -0.15) is 19.3 Å². The highest BCUT2D eigenvalue weighted by atomic mass is 32.2. The van der Waals surface area contributed by atoms with Gasteiger partial charge < -0.3 is 62.1 Å². The largest absolute Gasteiger partial charge is 0.382 e. The van der Waals surface area contributed by atoms with Gasteiger partial charge in [0.2, 0.25) is 27.7 Å². The summed E-state index contributed by atoms with van der Waals surface area (Å²) in [5.74, 6) is 1.62. The van der Waals surface area contributed by atoms with Crippen LogP contribution in [0.4, 0.5) is 57.7 Å². The van der Waals surface area contributed by atoms with E-state index in [1.807, 2.05) is 131 Å². The van der Waals surface area contributed by atoms with E-state index in [2.05, 4.69) is 104 Å². The van der Waals surface area contributed by atoms with Gasteiger partial charge in [0, 0.05) is 163 Å². The molecular formula is C94H116N24O8S6. The number of rotatable bonds is 34. The Bertz CT molecular complexity index is 6630. The van der Waals surface area contributed by atoms with Gasteiger partial charge in [-0.05, 0) is 240 Å². The fraction of sp³-hybridized carbons (Fsp3) is 0.404. The van der Waals surface area contributed by atoms with E-state index in [1.165, 1.54) is 39.2 Å². The Morgan fingerprint density at radius 3 is 1.67 bits per heavy atom. The zero-order chi connectivity index (χ0) is 92.7. The molecule has 1 aliphatic carbocycles. The Hall–Kier alpha value is -11.3. The van der Waals surface area contributed by atoms with Crippen LogP contribution in [0.15, 0.2) is 196 Å². The molecule has 0 bridgehead atoms. The lowest BCUT2D eigenvalue weighted by molar-refractivity contribution is 0.414. The van der Waals surface area contributed by atoms with Crippen molar-refractivity contribution in [1.29, 1.82) is 0 Å². The maximum Gasteiger partial charge on any atom is 0.276 e. The number of nitrogens with one attached hydrogen (secondary N) is 8. The summed E-state index contributed by atoms with van der Waals surface area (Å²) in [5.41, 5.74) is 12.8. The van der Waals surface area contributed by atoms with Crippen LogP contribution >= 0.6 is 34.2 Å². The lowest BCUT2D eigenvalue weighted by Crippen LogP contribution is -2.38. The van der Waals surface area contributed by atoms with Crippen LogP contribution in [0.5, 0.6) is 0 Å². The summed E-state index contributed by atoms with van der Waals surface area (Å²) in [6, 6.07) is 39.0. The minimum atomic E-state index is -3.89. The van der Waals surface area contributed by atoms with Gasteiger partial charge in [-0.1, -0.05) is 51.5 Å². The Balaban J connectivity index is 0.000000151. The summed E-state index contributed by atoms with van der Waals surface area (Å²) in [6.07, 6.45) is 17.2. The molecule has 9 aromatic heterocycles. The Labute approximate surface area is 784 Å². The minimum absolute atomic E-state index is 0.0102. The number of anilines is 10. The van der Waals surface area contributed by atoms with E-state index in [9.17, 15) is 35.4 Å². The fourth-order valence-electron chi connectivity index (χ4n) is 17.0. The van der Waals surface area contributed by atoms with E-state index in [4.69, 9.17) is 15.0 Å². The molecule has 3 aliphatic heterocycles. The highest BCUT2D eigenvalue weighted by molar-refractivity contribution is 7.94. The molecule has 17 rings (SSSR count). The topological polar surface area (TPSA) is 377 Å². The molecule has 4 aliphatic rings. The molecule has 132 heavy (non-hydrogen) atoms. The average molecular weight is 1900 g/mol. The summed E-state index contributed by atoms with van der Waals surface area (Å²) in [4.78, 5) is 87.4. The van der Waals surface area contributed by atoms with E-state index in [-0.39, 0.29) is 61.6 Å². The molecule has 38 heteroatoms. The van der Waals surface area contributed by atoms with E-state index in [1.54, 1.807) is 86.8 Å². The SMILES string of the molecule is C=C(c1cc2cnc(Nc3ccc(NC4CCNCC4)cc3)nc2n(Cc2ncsc2S(=O)CCN(C)C)c1=O)N(C)C.CCC(CC)c1cc2cnc(Nc3ccc(NC4CCCNC4)cc3)nc2n(Cc2cnsc2S(=O)(=O)C2CCCC2)c1=O.CCN(CC)c1cc2cnc(Nc3ccc(NC4CCN(C)C4)cc3)nc2n(Cc2scnc2S(=O)(=O)c2ccccc2)c1=O. The van der Waals surface area contributed by atoms with Crippen LogP contribution in [0.25, 0.3) is 38.8 Å². The number of hydrogen-bond acceptors (Lipinski definition) is 32. The van der Waals surface area contributed by atoms with Crippen LogP contribution in [0.3, 0.4) is 0 Å². The molecule has 4 fully saturated rings. The van der Waals surface area contributed by atoms with Crippen molar-refractivity contribution in [3.63, 3.8) is 0 Å². The second-order valence-corrected chi connectivity index (χ2v) is 42.7. The third-order valence-corrected chi connectivity index (χ3v) is 33.5. The number of sulfone groups is 2. The van der Waals surface area contributed by atoms with Crippen LogP contribution in [-0.4, -0.2) is 217 Å². The molecule has 0 spiro atoms. The van der Waals surface area contributed by atoms with Gasteiger partial charge in [-0.3, -0.25) is 32.3 Å². The Morgan fingerprint density at radius 2 is 1.12 bits per heavy atom. The summed E-state index contributed by atoms with van der Waals surface area (Å²) < 4.78 is 77.2. The molecule has 1 saturated carbocycles. The van der Waals surface area contributed by atoms with Crippen LogP contribution in [0.1, 0.15) is 132 Å². The highest BCUT2D eigenvalue weighted by Crippen LogP contribution is 2.36. The second kappa shape index (κ2) is 43.6. The number of likely N-dealkylation sites (N-methyl/N-ethyl adjacent to an activating group) is 1. The van der Waals surface area contributed by atoms with Crippen molar-refractivity contribution in [2.75, 3.05) is 137 Å². The minimum Gasteiger partial charge on any atom is -0.382 e. The number of hydrogen-bond donors (Lipinski definition) is 8. The molecule has 12 heterocycles. The lowest BCUT2D eigenvalue weighted by Gasteiger charge is -2.24. The number of thiazole rings is 2. The third kappa shape index (κ3) is 22.8. The number of likely N-dealkylation sites (tertiary alicyclic amines) is 1. The predicted molar refractivity (Wildman–Crippen MR) is 534 cm³/mol. The van der Waals surface area contributed by atoms with Gasteiger partial charge in [0.1, 0.15) is 31.0 Å².